The molecule has 2 amide bonds. The van der Waals surface area contributed by atoms with Gasteiger partial charge >= 0.3 is 0 Å². The van der Waals surface area contributed by atoms with Crippen LogP contribution in [0.3, 0.4) is 0 Å². The summed E-state index contributed by atoms with van der Waals surface area (Å²) in [6.07, 6.45) is 2.35. The van der Waals surface area contributed by atoms with Gasteiger partial charge in [-0.2, -0.15) is 0 Å². The highest BCUT2D eigenvalue weighted by molar-refractivity contribution is 5.79. The van der Waals surface area contributed by atoms with Crippen LogP contribution in [0.2, 0.25) is 0 Å². The lowest BCUT2D eigenvalue weighted by Gasteiger charge is -2.48. The Morgan fingerprint density at radius 2 is 2.00 bits per heavy atom. The lowest BCUT2D eigenvalue weighted by atomic mass is 9.83. The number of hydrogen-bond donors (Lipinski definition) is 0. The highest BCUT2D eigenvalue weighted by atomic mass is 16.2. The molecule has 0 spiro atoms. The number of hydrogen-bond acceptors (Lipinski definition) is 3. The minimum absolute atomic E-state index is 0.130. The van der Waals surface area contributed by atoms with Gasteiger partial charge < -0.3 is 9.80 Å². The molecule has 0 aliphatic carbocycles. The second-order valence-electron chi connectivity index (χ2n) is 7.39. The van der Waals surface area contributed by atoms with Gasteiger partial charge in [0, 0.05) is 39.6 Å². The van der Waals surface area contributed by atoms with Gasteiger partial charge in [0.1, 0.15) is 0 Å². The molecule has 3 rings (SSSR count). The van der Waals surface area contributed by atoms with Crippen molar-refractivity contribution in [1.82, 2.24) is 14.7 Å². The van der Waals surface area contributed by atoms with Crippen molar-refractivity contribution in [2.24, 2.45) is 0 Å². The number of benzene rings is 1. The summed E-state index contributed by atoms with van der Waals surface area (Å²) < 4.78 is 0. The number of likely N-dealkylation sites (N-methyl/N-ethyl adjacent to an activating group) is 1. The summed E-state index contributed by atoms with van der Waals surface area (Å²) >= 11 is 0. The Morgan fingerprint density at radius 1 is 1.29 bits per heavy atom. The summed E-state index contributed by atoms with van der Waals surface area (Å²) in [6, 6.07) is 10.4. The predicted octanol–water partition coefficient (Wildman–Crippen LogP) is 1.73. The molecule has 0 N–H and O–H groups in total. The van der Waals surface area contributed by atoms with Gasteiger partial charge in [-0.3, -0.25) is 14.5 Å². The lowest BCUT2D eigenvalue weighted by Crippen LogP contribution is -2.60. The maximum atomic E-state index is 12.6. The molecule has 130 valence electrons. The van der Waals surface area contributed by atoms with E-state index in [4.69, 9.17) is 0 Å². The SMILES string of the molecule is CN(C)C(=O)CN1CC[C@@]2(C)[C@@H]1CCC(=O)N2Cc1ccccc1. The molecule has 0 unspecified atom stereocenters. The normalized spacial score (nSPS) is 27.2. The highest BCUT2D eigenvalue weighted by Gasteiger charge is 2.52. The zero-order chi connectivity index (χ0) is 17.3. The van der Waals surface area contributed by atoms with Crippen molar-refractivity contribution < 1.29 is 9.59 Å². The third kappa shape index (κ3) is 3.05. The Hall–Kier alpha value is -1.88. The minimum atomic E-state index is -0.183. The number of likely N-dealkylation sites (tertiary alicyclic amines) is 2. The van der Waals surface area contributed by atoms with Crippen LogP contribution in [-0.4, -0.2) is 65.3 Å². The van der Waals surface area contributed by atoms with Crippen molar-refractivity contribution in [2.45, 2.75) is 44.3 Å². The Morgan fingerprint density at radius 3 is 2.67 bits per heavy atom. The fourth-order valence-electron chi connectivity index (χ4n) is 4.11. The molecule has 5 heteroatoms. The first kappa shape index (κ1) is 17.0. The largest absolute Gasteiger partial charge is 0.348 e. The van der Waals surface area contributed by atoms with Gasteiger partial charge in [-0.25, -0.2) is 0 Å². The van der Waals surface area contributed by atoms with Crippen molar-refractivity contribution >= 4 is 11.8 Å². The number of fused-ring (bicyclic) bond motifs is 1. The van der Waals surface area contributed by atoms with Crippen molar-refractivity contribution in [2.75, 3.05) is 27.2 Å². The number of carbonyl (C=O) groups is 2. The van der Waals surface area contributed by atoms with Crippen molar-refractivity contribution in [3.63, 3.8) is 0 Å². The number of piperidine rings is 1. The number of carbonyl (C=O) groups excluding carboxylic acids is 2. The average Bonchev–Trinajstić information content (AvgIpc) is 2.88. The van der Waals surface area contributed by atoms with Crippen LogP contribution in [-0.2, 0) is 16.1 Å². The van der Waals surface area contributed by atoms with Crippen LogP contribution in [0.25, 0.3) is 0 Å². The Balaban J connectivity index is 1.79. The first-order valence-corrected chi connectivity index (χ1v) is 8.70. The molecule has 0 aromatic heterocycles. The van der Waals surface area contributed by atoms with Crippen LogP contribution in [0.4, 0.5) is 0 Å². The molecule has 24 heavy (non-hydrogen) atoms. The van der Waals surface area contributed by atoms with E-state index >= 15 is 0 Å². The lowest BCUT2D eigenvalue weighted by molar-refractivity contribution is -0.144. The molecule has 2 saturated heterocycles. The van der Waals surface area contributed by atoms with Gasteiger partial charge in [0.15, 0.2) is 0 Å². The maximum Gasteiger partial charge on any atom is 0.236 e. The Bertz CT molecular complexity index is 616. The number of nitrogens with zero attached hydrogens (tertiary/aromatic N) is 3. The van der Waals surface area contributed by atoms with E-state index in [1.165, 1.54) is 0 Å². The molecule has 0 radical (unpaired) electrons. The summed E-state index contributed by atoms with van der Waals surface area (Å²) in [7, 11) is 3.59. The summed E-state index contributed by atoms with van der Waals surface area (Å²) in [5, 5.41) is 0. The van der Waals surface area contributed by atoms with Crippen molar-refractivity contribution in [3.05, 3.63) is 35.9 Å². The van der Waals surface area contributed by atoms with Crippen LogP contribution in [0.5, 0.6) is 0 Å². The molecule has 0 saturated carbocycles. The van der Waals surface area contributed by atoms with Crippen LogP contribution >= 0.6 is 0 Å². The molecule has 2 atom stereocenters. The first-order chi connectivity index (χ1) is 11.4. The highest BCUT2D eigenvalue weighted by Crippen LogP contribution is 2.41. The number of amides is 2. The van der Waals surface area contributed by atoms with Gasteiger partial charge in [-0.15, -0.1) is 0 Å². The molecular formula is C19H27N3O2. The molecule has 2 heterocycles. The predicted molar refractivity (Wildman–Crippen MR) is 93.3 cm³/mol. The zero-order valence-electron chi connectivity index (χ0n) is 14.9. The summed E-state index contributed by atoms with van der Waals surface area (Å²) in [4.78, 5) is 30.7. The van der Waals surface area contributed by atoms with E-state index in [1.807, 2.05) is 18.2 Å². The van der Waals surface area contributed by atoms with Gasteiger partial charge in [0.05, 0.1) is 12.1 Å². The van der Waals surface area contributed by atoms with E-state index in [1.54, 1.807) is 19.0 Å². The van der Waals surface area contributed by atoms with Gasteiger partial charge in [-0.1, -0.05) is 30.3 Å². The topological polar surface area (TPSA) is 43.9 Å². The van der Waals surface area contributed by atoms with E-state index in [9.17, 15) is 9.59 Å². The van der Waals surface area contributed by atoms with E-state index in [2.05, 4.69) is 28.9 Å². The summed E-state index contributed by atoms with van der Waals surface area (Å²) in [5.41, 5.74) is 0.980. The van der Waals surface area contributed by atoms with Crippen molar-refractivity contribution in [1.29, 1.82) is 0 Å². The molecule has 0 bridgehead atoms. The van der Waals surface area contributed by atoms with Crippen LogP contribution in [0, 0.1) is 0 Å². The minimum Gasteiger partial charge on any atom is -0.348 e. The van der Waals surface area contributed by atoms with Gasteiger partial charge in [0.25, 0.3) is 0 Å². The molecular weight excluding hydrogens is 302 g/mol. The molecule has 5 nitrogen and oxygen atoms in total. The first-order valence-electron chi connectivity index (χ1n) is 8.70. The van der Waals surface area contributed by atoms with Gasteiger partial charge in [0.2, 0.25) is 11.8 Å². The smallest absolute Gasteiger partial charge is 0.236 e. The Labute approximate surface area is 144 Å². The van der Waals surface area contributed by atoms with E-state index in [-0.39, 0.29) is 23.4 Å². The molecule has 1 aromatic carbocycles. The monoisotopic (exact) mass is 329 g/mol. The summed E-state index contributed by atoms with van der Waals surface area (Å²) in [6.45, 7) is 4.17. The average molecular weight is 329 g/mol. The fourth-order valence-corrected chi connectivity index (χ4v) is 4.11. The molecule has 2 aliphatic rings. The standard InChI is InChI=1S/C19H27N3O2/c1-19-11-12-21(14-18(24)20(2)3)16(19)9-10-17(23)22(19)13-15-7-5-4-6-8-15/h4-8,16H,9-14H2,1-3H3/t16-,19-/m0/s1. The third-order valence-corrected chi connectivity index (χ3v) is 5.63. The van der Waals surface area contributed by atoms with E-state index < -0.39 is 0 Å². The van der Waals surface area contributed by atoms with E-state index in [0.29, 0.717) is 19.5 Å². The van der Waals surface area contributed by atoms with Crippen LogP contribution in [0.1, 0.15) is 31.7 Å². The third-order valence-electron chi connectivity index (χ3n) is 5.63. The zero-order valence-corrected chi connectivity index (χ0v) is 14.9. The van der Waals surface area contributed by atoms with Gasteiger partial charge in [-0.05, 0) is 25.3 Å². The second-order valence-corrected chi connectivity index (χ2v) is 7.39. The molecule has 2 fully saturated rings. The summed E-state index contributed by atoms with van der Waals surface area (Å²) in [5.74, 6) is 0.365. The van der Waals surface area contributed by atoms with E-state index in [0.717, 1.165) is 24.9 Å². The maximum absolute atomic E-state index is 12.6. The van der Waals surface area contributed by atoms with Crippen LogP contribution < -0.4 is 0 Å². The van der Waals surface area contributed by atoms with Crippen molar-refractivity contribution in [3.8, 4) is 0 Å². The quantitative estimate of drug-likeness (QED) is 0.845. The second kappa shape index (κ2) is 6.55. The molecule has 2 aliphatic heterocycles. The van der Waals surface area contributed by atoms with Crippen LogP contribution in [0.15, 0.2) is 30.3 Å². The fraction of sp³-hybridized carbons (Fsp3) is 0.579. The number of rotatable bonds is 4. The Kier molecular flexibility index (Phi) is 4.63. The molecule has 1 aromatic rings.